The van der Waals surface area contributed by atoms with Gasteiger partial charge in [0.05, 0.1) is 12.2 Å². The van der Waals surface area contributed by atoms with Gasteiger partial charge >= 0.3 is 0 Å². The Labute approximate surface area is 173 Å². The van der Waals surface area contributed by atoms with Gasteiger partial charge in [-0.3, -0.25) is 14.5 Å². The van der Waals surface area contributed by atoms with E-state index in [-0.39, 0.29) is 23.4 Å². The van der Waals surface area contributed by atoms with E-state index in [0.717, 1.165) is 16.8 Å². The van der Waals surface area contributed by atoms with Crippen LogP contribution in [-0.4, -0.2) is 30.2 Å². The van der Waals surface area contributed by atoms with E-state index < -0.39 is 11.5 Å². The van der Waals surface area contributed by atoms with Crippen LogP contribution in [0, 0.1) is 5.92 Å². The van der Waals surface area contributed by atoms with Crippen LogP contribution in [0.1, 0.15) is 27.6 Å². The minimum atomic E-state index is -1.09. The number of nitrogens with zero attached hydrogens (tertiary/aromatic N) is 1. The number of ketones is 1. The summed E-state index contributed by atoms with van der Waals surface area (Å²) in [6.45, 7) is 0.556. The van der Waals surface area contributed by atoms with Crippen LogP contribution in [0.5, 0.6) is 0 Å². The van der Waals surface area contributed by atoms with E-state index >= 15 is 0 Å². The van der Waals surface area contributed by atoms with Gasteiger partial charge in [-0.15, -0.1) is 0 Å². The molecule has 29 heavy (non-hydrogen) atoms. The van der Waals surface area contributed by atoms with Crippen LogP contribution in [0.2, 0.25) is 5.02 Å². The highest BCUT2D eigenvalue weighted by Crippen LogP contribution is 2.55. The molecule has 1 N–H and O–H groups in total. The van der Waals surface area contributed by atoms with Gasteiger partial charge in [-0.05, 0) is 42.9 Å². The lowest BCUT2D eigenvalue weighted by molar-refractivity contribution is -0.126. The quantitative estimate of drug-likeness (QED) is 0.658. The summed E-state index contributed by atoms with van der Waals surface area (Å²) < 4.78 is 5.45. The van der Waals surface area contributed by atoms with Crippen molar-refractivity contribution in [3.8, 4) is 0 Å². The van der Waals surface area contributed by atoms with Crippen molar-refractivity contribution in [2.45, 2.75) is 11.5 Å². The molecular weight excluding hydrogens is 388 g/mol. The summed E-state index contributed by atoms with van der Waals surface area (Å²) in [5.74, 6) is -0.912. The number of likely N-dealkylation sites (tertiary alicyclic amines) is 1. The number of fused-ring (bicyclic) bond motifs is 2. The number of benzene rings is 2. The highest BCUT2D eigenvalue weighted by atomic mass is 35.5. The molecule has 1 fully saturated rings. The summed E-state index contributed by atoms with van der Waals surface area (Å²) in [5.41, 5.74) is 1.46. The number of carbonyl (C=O) groups is 2. The first kappa shape index (κ1) is 18.2. The predicted molar refractivity (Wildman–Crippen MR) is 110 cm³/mol. The first-order chi connectivity index (χ1) is 14.0. The second kappa shape index (κ2) is 6.58. The Hall–Kier alpha value is -2.89. The number of hydrogen-bond acceptors (Lipinski definition) is 4. The van der Waals surface area contributed by atoms with E-state index in [0.29, 0.717) is 11.6 Å². The van der Waals surface area contributed by atoms with Gasteiger partial charge in [0.15, 0.2) is 5.76 Å². The molecule has 1 spiro atoms. The summed E-state index contributed by atoms with van der Waals surface area (Å²) in [6.07, 6.45) is 1.48. The van der Waals surface area contributed by atoms with Gasteiger partial charge in [0, 0.05) is 28.7 Å². The number of nitrogens with one attached hydrogen (secondary N) is 1. The Morgan fingerprint density at radius 1 is 1.14 bits per heavy atom. The molecule has 0 radical (unpaired) electrons. The smallest absolute Gasteiger partial charge is 0.250 e. The minimum absolute atomic E-state index is 0.175. The van der Waals surface area contributed by atoms with Crippen molar-refractivity contribution in [1.82, 2.24) is 4.90 Å². The third-order valence-corrected chi connectivity index (χ3v) is 6.45. The number of likely N-dealkylation sites (N-methyl/N-ethyl adjacent to an activating group) is 1. The number of hydrogen-bond donors (Lipinski definition) is 1. The van der Waals surface area contributed by atoms with Crippen LogP contribution in [-0.2, 0) is 10.3 Å². The number of furan rings is 1. The zero-order valence-corrected chi connectivity index (χ0v) is 16.5. The van der Waals surface area contributed by atoms with E-state index in [1.54, 1.807) is 12.1 Å². The summed E-state index contributed by atoms with van der Waals surface area (Å²) in [7, 11) is 1.90. The third-order valence-electron chi connectivity index (χ3n) is 6.20. The molecule has 146 valence electrons. The molecule has 2 aliphatic heterocycles. The maximum Gasteiger partial charge on any atom is 0.250 e. The van der Waals surface area contributed by atoms with E-state index in [1.807, 2.05) is 60.5 Å². The number of amides is 1. The average molecular weight is 407 g/mol. The summed E-state index contributed by atoms with van der Waals surface area (Å²) >= 11 is 6.08. The fraction of sp³-hybridized carbons (Fsp3) is 0.217. The normalized spacial score (nSPS) is 25.9. The van der Waals surface area contributed by atoms with E-state index in [1.165, 1.54) is 6.26 Å². The maximum absolute atomic E-state index is 13.7. The topological polar surface area (TPSA) is 62.6 Å². The molecule has 5 rings (SSSR count). The Bertz CT molecular complexity index is 1090. The molecule has 0 aliphatic carbocycles. The Balaban J connectivity index is 1.73. The van der Waals surface area contributed by atoms with Crippen molar-refractivity contribution in [2.24, 2.45) is 5.92 Å². The first-order valence-electron chi connectivity index (χ1n) is 9.49. The van der Waals surface area contributed by atoms with Gasteiger partial charge in [0.25, 0.3) is 0 Å². The lowest BCUT2D eigenvalue weighted by Gasteiger charge is -2.35. The highest BCUT2D eigenvalue weighted by Gasteiger charge is 2.64. The number of para-hydroxylation sites is 1. The lowest BCUT2D eigenvalue weighted by Crippen LogP contribution is -2.51. The molecule has 0 bridgehead atoms. The number of carbonyl (C=O) groups excluding carboxylic acids is 2. The van der Waals surface area contributed by atoms with E-state index in [9.17, 15) is 9.59 Å². The molecule has 3 atom stereocenters. The van der Waals surface area contributed by atoms with Gasteiger partial charge in [-0.1, -0.05) is 41.9 Å². The molecule has 1 aromatic heterocycles. The number of anilines is 1. The highest BCUT2D eigenvalue weighted by molar-refractivity contribution is 6.30. The van der Waals surface area contributed by atoms with Crippen molar-refractivity contribution >= 4 is 29.0 Å². The minimum Gasteiger partial charge on any atom is -0.461 e. The van der Waals surface area contributed by atoms with Crippen LogP contribution in [0.15, 0.2) is 71.3 Å². The molecule has 1 amide bonds. The second-order valence-electron chi connectivity index (χ2n) is 7.62. The van der Waals surface area contributed by atoms with Crippen molar-refractivity contribution in [3.05, 3.63) is 88.8 Å². The summed E-state index contributed by atoms with van der Waals surface area (Å²) in [6, 6.07) is 18.4. The Morgan fingerprint density at radius 2 is 1.90 bits per heavy atom. The van der Waals surface area contributed by atoms with Crippen LogP contribution < -0.4 is 5.32 Å². The zero-order valence-electron chi connectivity index (χ0n) is 15.8. The molecule has 0 saturated carbocycles. The SMILES string of the molecule is CN1C[C@H](c2ccc(Cl)cc2)C(C(=O)c2ccco2)[C@]12C(=O)Nc1ccccc12. The molecule has 1 unspecified atom stereocenters. The van der Waals surface area contributed by atoms with Gasteiger partial charge in [0.1, 0.15) is 5.54 Å². The number of rotatable bonds is 3. The number of halogens is 1. The number of Topliss-reactive ketones (excluding diaryl/α,β-unsaturated/α-hetero) is 1. The van der Waals surface area contributed by atoms with Crippen molar-refractivity contribution < 1.29 is 14.0 Å². The van der Waals surface area contributed by atoms with Crippen molar-refractivity contribution in [2.75, 3.05) is 18.9 Å². The van der Waals surface area contributed by atoms with Crippen molar-refractivity contribution in [3.63, 3.8) is 0 Å². The molecule has 1 saturated heterocycles. The molecule has 2 aliphatic rings. The van der Waals surface area contributed by atoms with Gasteiger partial charge in [-0.2, -0.15) is 0 Å². The van der Waals surface area contributed by atoms with Crippen LogP contribution in [0.3, 0.4) is 0 Å². The summed E-state index contributed by atoms with van der Waals surface area (Å²) in [4.78, 5) is 29.1. The molecule has 3 aromatic rings. The largest absolute Gasteiger partial charge is 0.461 e. The van der Waals surface area contributed by atoms with Gasteiger partial charge in [0.2, 0.25) is 11.7 Å². The maximum atomic E-state index is 13.7. The fourth-order valence-electron chi connectivity index (χ4n) is 4.98. The first-order valence-corrected chi connectivity index (χ1v) is 9.86. The third kappa shape index (κ3) is 2.51. The molecule has 2 aromatic carbocycles. The lowest BCUT2D eigenvalue weighted by atomic mass is 9.71. The van der Waals surface area contributed by atoms with E-state index in [2.05, 4.69) is 5.32 Å². The average Bonchev–Trinajstić information content (AvgIpc) is 3.42. The van der Waals surface area contributed by atoms with Crippen LogP contribution >= 0.6 is 11.6 Å². The summed E-state index contributed by atoms with van der Waals surface area (Å²) in [5, 5.41) is 3.62. The molecular formula is C23H19ClN2O3. The standard InChI is InChI=1S/C23H19ClN2O3/c1-26-13-16(14-8-10-15(24)11-9-14)20(21(27)19-7-4-12-29-19)23(26)17-5-2-3-6-18(17)25-22(23)28/h2-12,16,20H,13H2,1H3,(H,25,28)/t16-,20?,23-/m1/s1. The van der Waals surface area contributed by atoms with Gasteiger partial charge in [-0.25, -0.2) is 0 Å². The molecule has 3 heterocycles. The van der Waals surface area contributed by atoms with Gasteiger partial charge < -0.3 is 9.73 Å². The van der Waals surface area contributed by atoms with Crippen molar-refractivity contribution in [1.29, 1.82) is 0 Å². The Morgan fingerprint density at radius 3 is 2.62 bits per heavy atom. The monoisotopic (exact) mass is 406 g/mol. The zero-order chi connectivity index (χ0) is 20.2. The molecule has 5 nitrogen and oxygen atoms in total. The predicted octanol–water partition coefficient (Wildman–Crippen LogP) is 4.31. The van der Waals surface area contributed by atoms with E-state index in [4.69, 9.17) is 16.0 Å². The second-order valence-corrected chi connectivity index (χ2v) is 8.06. The van der Waals surface area contributed by atoms with Crippen LogP contribution in [0.4, 0.5) is 5.69 Å². The molecule has 6 heteroatoms. The fourth-order valence-corrected chi connectivity index (χ4v) is 5.10. The van der Waals surface area contributed by atoms with Crippen LogP contribution in [0.25, 0.3) is 0 Å². The Kier molecular flexibility index (Phi) is 4.12.